The zero-order valence-electron chi connectivity index (χ0n) is 6.96. The van der Waals surface area contributed by atoms with Gasteiger partial charge >= 0.3 is 11.9 Å². The van der Waals surface area contributed by atoms with Gasteiger partial charge in [0.2, 0.25) is 5.92 Å². The molecule has 6 heteroatoms. The Kier molecular flexibility index (Phi) is 3.77. The summed E-state index contributed by atoms with van der Waals surface area (Å²) in [5.74, 6) is -7.59. The van der Waals surface area contributed by atoms with Crippen LogP contribution in [0, 0.1) is 5.92 Å². The molecule has 0 spiro atoms. The van der Waals surface area contributed by atoms with Crippen LogP contribution in [0.3, 0.4) is 0 Å². The highest BCUT2D eigenvalue weighted by molar-refractivity contribution is 5.77. The molecule has 0 heterocycles. The zero-order chi connectivity index (χ0) is 10.6. The van der Waals surface area contributed by atoms with Crippen molar-refractivity contribution >= 4 is 11.9 Å². The molecule has 0 aromatic carbocycles. The number of rotatable bonds is 5. The third-order valence-electron chi connectivity index (χ3n) is 1.38. The van der Waals surface area contributed by atoms with Gasteiger partial charge in [0, 0.05) is 6.42 Å². The molecule has 1 unspecified atom stereocenters. The van der Waals surface area contributed by atoms with Crippen LogP contribution in [0.15, 0.2) is 0 Å². The van der Waals surface area contributed by atoms with Crippen molar-refractivity contribution in [1.82, 2.24) is 0 Å². The molecule has 0 fully saturated rings. The Hall–Kier alpha value is -1.20. The molecule has 0 amide bonds. The van der Waals surface area contributed by atoms with Crippen molar-refractivity contribution in [2.45, 2.75) is 25.7 Å². The maximum Gasteiger partial charge on any atom is 0.307 e. The van der Waals surface area contributed by atoms with Gasteiger partial charge in [-0.25, -0.2) is 8.78 Å². The van der Waals surface area contributed by atoms with Crippen LogP contribution in [0.2, 0.25) is 0 Å². The van der Waals surface area contributed by atoms with Gasteiger partial charge in [-0.3, -0.25) is 9.59 Å². The van der Waals surface area contributed by atoms with Gasteiger partial charge in [0.25, 0.3) is 0 Å². The third-order valence-corrected chi connectivity index (χ3v) is 1.38. The number of aliphatic carboxylic acids is 2. The molecule has 0 bridgehead atoms. The van der Waals surface area contributed by atoms with Crippen molar-refractivity contribution in [3.63, 3.8) is 0 Å². The summed E-state index contributed by atoms with van der Waals surface area (Å²) in [7, 11) is 0. The van der Waals surface area contributed by atoms with Crippen LogP contribution < -0.4 is 0 Å². The van der Waals surface area contributed by atoms with E-state index in [1.807, 2.05) is 0 Å². The van der Waals surface area contributed by atoms with Crippen molar-refractivity contribution in [2.24, 2.45) is 5.92 Å². The van der Waals surface area contributed by atoms with Crippen molar-refractivity contribution in [2.75, 3.05) is 0 Å². The van der Waals surface area contributed by atoms with Crippen LogP contribution in [0.25, 0.3) is 0 Å². The number of halogens is 2. The first-order valence-electron chi connectivity index (χ1n) is 3.55. The molecule has 1 atom stereocenters. The van der Waals surface area contributed by atoms with Gasteiger partial charge in [-0.2, -0.15) is 0 Å². The van der Waals surface area contributed by atoms with Crippen LogP contribution in [-0.4, -0.2) is 28.1 Å². The molecular formula is C7H10F2O4. The Labute approximate surface area is 73.2 Å². The largest absolute Gasteiger partial charge is 0.481 e. The maximum atomic E-state index is 12.3. The van der Waals surface area contributed by atoms with E-state index in [0.29, 0.717) is 6.92 Å². The summed E-state index contributed by atoms with van der Waals surface area (Å²) in [6.45, 7) is 0.560. The smallest absolute Gasteiger partial charge is 0.307 e. The second-order valence-corrected chi connectivity index (χ2v) is 2.91. The molecule has 0 aromatic rings. The van der Waals surface area contributed by atoms with Crippen LogP contribution >= 0.6 is 0 Å². The summed E-state index contributed by atoms with van der Waals surface area (Å²) >= 11 is 0. The molecule has 13 heavy (non-hydrogen) atoms. The monoisotopic (exact) mass is 196 g/mol. The van der Waals surface area contributed by atoms with E-state index in [1.165, 1.54) is 0 Å². The second kappa shape index (κ2) is 4.15. The predicted octanol–water partition coefficient (Wildman–Crippen LogP) is 1.21. The number of carboxylic acid groups (broad SMARTS) is 2. The number of carboxylic acids is 2. The molecule has 4 nitrogen and oxygen atoms in total. The van der Waals surface area contributed by atoms with Crippen molar-refractivity contribution in [3.8, 4) is 0 Å². The van der Waals surface area contributed by atoms with Crippen LogP contribution in [-0.2, 0) is 9.59 Å². The molecule has 0 aromatic heterocycles. The van der Waals surface area contributed by atoms with Gasteiger partial charge in [-0.15, -0.1) is 0 Å². The number of hydrogen-bond donors (Lipinski definition) is 2. The van der Waals surface area contributed by atoms with E-state index >= 15 is 0 Å². The summed E-state index contributed by atoms with van der Waals surface area (Å²) in [5, 5.41) is 16.6. The highest BCUT2D eigenvalue weighted by Gasteiger charge is 2.32. The molecule has 0 saturated carbocycles. The van der Waals surface area contributed by atoms with E-state index in [1.54, 1.807) is 0 Å². The molecule has 0 rings (SSSR count). The first-order valence-corrected chi connectivity index (χ1v) is 3.55. The summed E-state index contributed by atoms with van der Waals surface area (Å²) < 4.78 is 24.7. The lowest BCUT2D eigenvalue weighted by Crippen LogP contribution is -2.25. The molecule has 0 radical (unpaired) electrons. The van der Waals surface area contributed by atoms with Gasteiger partial charge in [0.05, 0.1) is 12.3 Å². The lowest BCUT2D eigenvalue weighted by molar-refractivity contribution is -0.151. The molecule has 2 N–H and O–H groups in total. The van der Waals surface area contributed by atoms with Crippen LogP contribution in [0.1, 0.15) is 19.8 Å². The van der Waals surface area contributed by atoms with Gasteiger partial charge in [0.15, 0.2) is 0 Å². The van der Waals surface area contributed by atoms with Gasteiger partial charge in [-0.05, 0) is 6.92 Å². The van der Waals surface area contributed by atoms with E-state index < -0.39 is 36.6 Å². The zero-order valence-corrected chi connectivity index (χ0v) is 6.96. The highest BCUT2D eigenvalue weighted by Crippen LogP contribution is 2.24. The first kappa shape index (κ1) is 11.8. The summed E-state index contributed by atoms with van der Waals surface area (Å²) in [4.78, 5) is 20.4. The predicted molar refractivity (Wildman–Crippen MR) is 38.6 cm³/mol. The topological polar surface area (TPSA) is 74.6 Å². The lowest BCUT2D eigenvalue weighted by Gasteiger charge is -2.14. The highest BCUT2D eigenvalue weighted by atomic mass is 19.3. The lowest BCUT2D eigenvalue weighted by atomic mass is 9.98. The molecule has 0 aliphatic carbocycles. The molecule has 76 valence electrons. The fourth-order valence-corrected chi connectivity index (χ4v) is 0.890. The van der Waals surface area contributed by atoms with E-state index in [0.717, 1.165) is 0 Å². The summed E-state index contributed by atoms with van der Waals surface area (Å²) in [5.41, 5.74) is 0. The summed E-state index contributed by atoms with van der Waals surface area (Å²) in [6, 6.07) is 0. The fraction of sp³-hybridized carbons (Fsp3) is 0.714. The Morgan fingerprint density at radius 2 is 1.85 bits per heavy atom. The van der Waals surface area contributed by atoms with Gasteiger partial charge in [0.1, 0.15) is 0 Å². The second-order valence-electron chi connectivity index (χ2n) is 2.91. The van der Waals surface area contributed by atoms with Crippen molar-refractivity contribution in [1.29, 1.82) is 0 Å². The molecule has 0 saturated heterocycles. The SMILES string of the molecule is CC(F)(F)CC(CC(=O)O)C(=O)O. The Balaban J connectivity index is 4.27. The summed E-state index contributed by atoms with van der Waals surface area (Å²) in [6.07, 6.45) is -1.73. The Bertz CT molecular complexity index is 209. The van der Waals surface area contributed by atoms with Crippen molar-refractivity contribution < 1.29 is 28.6 Å². The molecular weight excluding hydrogens is 186 g/mol. The molecule has 0 aliphatic heterocycles. The van der Waals surface area contributed by atoms with E-state index in [4.69, 9.17) is 10.2 Å². The third kappa shape index (κ3) is 6.01. The van der Waals surface area contributed by atoms with E-state index in [9.17, 15) is 18.4 Å². The van der Waals surface area contributed by atoms with E-state index in [-0.39, 0.29) is 0 Å². The standard InChI is InChI=1S/C7H10F2O4/c1-7(8,9)3-4(6(12)13)2-5(10)11/h4H,2-3H2,1H3,(H,10,11)(H,12,13). The quantitative estimate of drug-likeness (QED) is 0.692. The average Bonchev–Trinajstić information content (AvgIpc) is 1.81. The average molecular weight is 196 g/mol. The molecule has 0 aliphatic rings. The van der Waals surface area contributed by atoms with Crippen LogP contribution in [0.5, 0.6) is 0 Å². The first-order chi connectivity index (χ1) is 5.72. The van der Waals surface area contributed by atoms with Gasteiger partial charge < -0.3 is 10.2 Å². The number of carbonyl (C=O) groups is 2. The van der Waals surface area contributed by atoms with Crippen molar-refractivity contribution in [3.05, 3.63) is 0 Å². The fourth-order valence-electron chi connectivity index (χ4n) is 0.890. The minimum Gasteiger partial charge on any atom is -0.481 e. The van der Waals surface area contributed by atoms with Crippen LogP contribution in [0.4, 0.5) is 8.78 Å². The van der Waals surface area contributed by atoms with Gasteiger partial charge in [-0.1, -0.05) is 0 Å². The Morgan fingerprint density at radius 1 is 1.38 bits per heavy atom. The van der Waals surface area contributed by atoms with E-state index in [2.05, 4.69) is 0 Å². The maximum absolute atomic E-state index is 12.3. The number of hydrogen-bond acceptors (Lipinski definition) is 2. The minimum atomic E-state index is -3.15. The Morgan fingerprint density at radius 3 is 2.08 bits per heavy atom. The number of alkyl halides is 2. The minimum absolute atomic E-state index is 0.560. The normalized spacial score (nSPS) is 13.8.